The molecule has 228 valence electrons. The molecule has 16 nitrogen and oxygen atoms in total. The Kier molecular flexibility index (Phi) is 9.96. The molecule has 18 heteroatoms. The molecule has 0 aliphatic carbocycles. The van der Waals surface area contributed by atoms with Gasteiger partial charge in [-0.1, -0.05) is 42.2 Å². The molecule has 0 bridgehead atoms. The molecule has 0 saturated carbocycles. The van der Waals surface area contributed by atoms with E-state index in [9.17, 15) is 43.5 Å². The number of phosphoric acid groups is 2. The molecule has 4 rings (SSSR count). The van der Waals surface area contributed by atoms with Crippen LogP contribution in [0.5, 0.6) is 0 Å². The van der Waals surface area contributed by atoms with Crippen LogP contribution < -0.4 is 11.2 Å². The highest BCUT2D eigenvalue weighted by atomic mass is 31.3. The first kappa shape index (κ1) is 32.2. The van der Waals surface area contributed by atoms with E-state index in [-0.39, 0.29) is 16.7 Å². The van der Waals surface area contributed by atoms with Crippen LogP contribution in [0.15, 0.2) is 70.4 Å². The van der Waals surface area contributed by atoms with E-state index < -0.39 is 70.6 Å². The van der Waals surface area contributed by atoms with E-state index in [0.717, 1.165) is 16.8 Å². The molecule has 1 fully saturated rings. The summed E-state index contributed by atoms with van der Waals surface area (Å²) >= 11 is 0. The van der Waals surface area contributed by atoms with Crippen molar-refractivity contribution in [3.8, 4) is 11.8 Å². The van der Waals surface area contributed by atoms with Crippen LogP contribution in [0.4, 0.5) is 0 Å². The summed E-state index contributed by atoms with van der Waals surface area (Å²) in [6, 6.07) is 13.7. The van der Waals surface area contributed by atoms with Crippen LogP contribution in [0.3, 0.4) is 0 Å². The molecule has 1 aliphatic rings. The van der Waals surface area contributed by atoms with E-state index in [2.05, 4.69) is 25.2 Å². The van der Waals surface area contributed by atoms with Crippen LogP contribution >= 0.6 is 15.6 Å². The number of aromatic nitrogens is 2. The molecule has 6 N–H and O–H groups in total. The first-order valence-corrected chi connectivity index (χ1v) is 15.2. The number of phosphoric ester groups is 2. The molecular formula is C25H24N2O14P2. The van der Waals surface area contributed by atoms with Crippen molar-refractivity contribution in [2.45, 2.75) is 31.1 Å². The fourth-order valence-corrected chi connectivity index (χ4v) is 5.88. The van der Waals surface area contributed by atoms with Crippen molar-refractivity contribution in [3.63, 3.8) is 0 Å². The molecule has 2 heterocycles. The fraction of sp³-hybridized carbons (Fsp3) is 0.240. The first-order valence-electron chi connectivity index (χ1n) is 12.2. The number of carboxylic acids is 1. The Labute approximate surface area is 241 Å². The van der Waals surface area contributed by atoms with Gasteiger partial charge in [-0.05, 0) is 29.8 Å². The Morgan fingerprint density at radius 1 is 0.977 bits per heavy atom. The predicted molar refractivity (Wildman–Crippen MR) is 145 cm³/mol. The van der Waals surface area contributed by atoms with E-state index in [4.69, 9.17) is 9.84 Å². The number of rotatable bonds is 10. The Balaban J connectivity index is 1.40. The number of hydrogen-bond donors (Lipinski definition) is 6. The molecule has 6 atom stereocenters. The summed E-state index contributed by atoms with van der Waals surface area (Å²) in [6.45, 7) is -1.64. The summed E-state index contributed by atoms with van der Waals surface area (Å²) in [5.41, 5.74) is -1.43. The minimum Gasteiger partial charge on any atom is -0.478 e. The van der Waals surface area contributed by atoms with Gasteiger partial charge in [0.1, 0.15) is 23.9 Å². The SMILES string of the molecule is O=C(O)c1cccc(COP(=O)(O)OP(=O)(O)OC[C@H]2O[C@@H](n3cc(C#Cc4ccccc4)c(=O)[nH]c3=O)[C@@H](O)C2O)c1. The zero-order valence-electron chi connectivity index (χ0n) is 21.7. The maximum atomic E-state index is 12.5. The number of ether oxygens (including phenoxy) is 1. The van der Waals surface area contributed by atoms with E-state index in [0.29, 0.717) is 5.56 Å². The summed E-state index contributed by atoms with van der Waals surface area (Å²) < 4.78 is 44.2. The van der Waals surface area contributed by atoms with Gasteiger partial charge in [0.15, 0.2) is 6.23 Å². The normalized spacial score (nSPS) is 22.6. The molecule has 0 radical (unpaired) electrons. The average molecular weight is 638 g/mol. The Hall–Kier alpha value is -3.71. The van der Waals surface area contributed by atoms with Crippen LogP contribution in [0.2, 0.25) is 0 Å². The molecule has 2 aromatic carbocycles. The fourth-order valence-electron chi connectivity index (χ4n) is 3.82. The van der Waals surface area contributed by atoms with Gasteiger partial charge >= 0.3 is 27.3 Å². The number of benzene rings is 2. The number of carbonyl (C=O) groups is 1. The maximum Gasteiger partial charge on any atom is 0.481 e. The number of carboxylic acid groups (broad SMARTS) is 1. The number of nitrogens with zero attached hydrogens (tertiary/aromatic N) is 1. The van der Waals surface area contributed by atoms with Gasteiger partial charge < -0.3 is 29.8 Å². The van der Waals surface area contributed by atoms with Crippen molar-refractivity contribution in [2.75, 3.05) is 6.61 Å². The van der Waals surface area contributed by atoms with Crippen LogP contribution in [0.25, 0.3) is 0 Å². The van der Waals surface area contributed by atoms with Crippen LogP contribution in [-0.2, 0) is 33.8 Å². The van der Waals surface area contributed by atoms with Crippen molar-refractivity contribution in [2.24, 2.45) is 0 Å². The van der Waals surface area contributed by atoms with E-state index in [1.54, 1.807) is 30.3 Å². The van der Waals surface area contributed by atoms with Crippen LogP contribution in [0.1, 0.15) is 33.3 Å². The highest BCUT2D eigenvalue weighted by Crippen LogP contribution is 2.60. The molecule has 3 unspecified atom stereocenters. The second-order valence-corrected chi connectivity index (χ2v) is 12.0. The molecule has 1 aromatic heterocycles. The van der Waals surface area contributed by atoms with Gasteiger partial charge in [0, 0.05) is 11.8 Å². The van der Waals surface area contributed by atoms with Crippen molar-refractivity contribution in [1.82, 2.24) is 9.55 Å². The second-order valence-electron chi connectivity index (χ2n) is 8.97. The van der Waals surface area contributed by atoms with Crippen molar-refractivity contribution in [1.29, 1.82) is 0 Å². The summed E-state index contributed by atoms with van der Waals surface area (Å²) in [5.74, 6) is 4.08. The predicted octanol–water partition coefficient (Wildman–Crippen LogP) is 0.705. The molecular weight excluding hydrogens is 614 g/mol. The van der Waals surface area contributed by atoms with Gasteiger partial charge in [-0.2, -0.15) is 4.31 Å². The lowest BCUT2D eigenvalue weighted by atomic mass is 10.1. The second kappa shape index (κ2) is 13.3. The number of aliphatic hydroxyl groups excluding tert-OH is 2. The zero-order valence-corrected chi connectivity index (χ0v) is 23.5. The Bertz CT molecular complexity index is 1760. The van der Waals surface area contributed by atoms with Crippen molar-refractivity contribution >= 4 is 21.6 Å². The van der Waals surface area contributed by atoms with Crippen molar-refractivity contribution in [3.05, 3.63) is 104 Å². The maximum absolute atomic E-state index is 12.5. The highest BCUT2D eigenvalue weighted by molar-refractivity contribution is 7.61. The van der Waals surface area contributed by atoms with Gasteiger partial charge in [-0.15, -0.1) is 0 Å². The standard InChI is InChI=1S/C25H24N2O14P2/c28-20-19(14-39-43(36,37)41-42(34,35)38-13-16-7-4-8-17(11-16)24(31)32)40-23(21(20)29)27-12-18(22(30)26-25(27)33)10-9-15-5-2-1-3-6-15/h1-8,11-12,19-21,23,28-29H,13-14H2,(H,31,32)(H,34,35)(H,36,37)(H,26,30,33)/t19-,20?,21+,23-/m1/s1. The third-order valence-corrected chi connectivity index (χ3v) is 8.45. The smallest absolute Gasteiger partial charge is 0.478 e. The lowest BCUT2D eigenvalue weighted by Crippen LogP contribution is -2.38. The van der Waals surface area contributed by atoms with Gasteiger partial charge in [0.25, 0.3) is 5.56 Å². The Morgan fingerprint density at radius 2 is 1.67 bits per heavy atom. The number of hydrogen-bond acceptors (Lipinski definition) is 11. The molecule has 0 amide bonds. The van der Waals surface area contributed by atoms with Crippen LogP contribution in [0, 0.1) is 11.8 Å². The zero-order chi connectivity index (χ0) is 31.4. The van der Waals surface area contributed by atoms with Gasteiger partial charge in [0.2, 0.25) is 0 Å². The minimum absolute atomic E-state index is 0.137. The average Bonchev–Trinajstić information content (AvgIpc) is 3.23. The number of aliphatic hydroxyl groups is 2. The molecule has 43 heavy (non-hydrogen) atoms. The van der Waals surface area contributed by atoms with E-state index in [1.165, 1.54) is 18.2 Å². The van der Waals surface area contributed by atoms with Gasteiger partial charge in [-0.3, -0.25) is 23.4 Å². The topological polar surface area (TPSA) is 244 Å². The minimum atomic E-state index is -5.35. The van der Waals surface area contributed by atoms with E-state index in [1.807, 2.05) is 4.98 Å². The third-order valence-electron chi connectivity index (χ3n) is 5.87. The molecule has 1 saturated heterocycles. The lowest BCUT2D eigenvalue weighted by molar-refractivity contribution is -0.0543. The van der Waals surface area contributed by atoms with E-state index >= 15 is 0 Å². The highest BCUT2D eigenvalue weighted by Gasteiger charge is 2.46. The molecule has 3 aromatic rings. The number of aromatic amines is 1. The van der Waals surface area contributed by atoms with Crippen molar-refractivity contribution < 1.29 is 57.1 Å². The Morgan fingerprint density at radius 3 is 2.37 bits per heavy atom. The monoisotopic (exact) mass is 638 g/mol. The number of nitrogens with one attached hydrogen (secondary N) is 1. The first-order chi connectivity index (χ1) is 20.2. The lowest BCUT2D eigenvalue weighted by Gasteiger charge is -2.19. The summed E-state index contributed by atoms with van der Waals surface area (Å²) in [7, 11) is -10.6. The third kappa shape index (κ3) is 8.44. The summed E-state index contributed by atoms with van der Waals surface area (Å²) in [5, 5.41) is 29.9. The van der Waals surface area contributed by atoms with Gasteiger partial charge in [-0.25, -0.2) is 18.7 Å². The molecule has 1 aliphatic heterocycles. The quantitative estimate of drug-likeness (QED) is 0.132. The molecule has 0 spiro atoms. The van der Waals surface area contributed by atoms with Gasteiger partial charge in [0.05, 0.1) is 18.8 Å². The largest absolute Gasteiger partial charge is 0.481 e. The summed E-state index contributed by atoms with van der Waals surface area (Å²) in [6.07, 6.45) is -5.73. The number of H-pyrrole nitrogens is 1. The van der Waals surface area contributed by atoms with Crippen LogP contribution in [-0.4, -0.2) is 65.5 Å². The summed E-state index contributed by atoms with van der Waals surface area (Å²) in [4.78, 5) is 57.5. The number of aromatic carboxylic acids is 1.